The van der Waals surface area contributed by atoms with E-state index in [2.05, 4.69) is 9.88 Å². The van der Waals surface area contributed by atoms with Gasteiger partial charge in [0.1, 0.15) is 17.8 Å². The van der Waals surface area contributed by atoms with Gasteiger partial charge in [-0.1, -0.05) is 48.0 Å². The summed E-state index contributed by atoms with van der Waals surface area (Å²) in [5.74, 6) is -0.145. The number of aromatic nitrogens is 1. The van der Waals surface area contributed by atoms with E-state index in [1.165, 1.54) is 0 Å². The summed E-state index contributed by atoms with van der Waals surface area (Å²) in [4.78, 5) is 18.6. The lowest BCUT2D eigenvalue weighted by atomic mass is 10.2. The number of likely N-dealkylation sites (tertiary alicyclic amines) is 1. The minimum absolute atomic E-state index is 0.145. The zero-order valence-corrected chi connectivity index (χ0v) is 13.6. The van der Waals surface area contributed by atoms with Gasteiger partial charge in [0.2, 0.25) is 0 Å². The molecule has 5 heteroatoms. The second-order valence-electron chi connectivity index (χ2n) is 5.71. The van der Waals surface area contributed by atoms with Gasteiger partial charge in [-0.25, -0.2) is 4.98 Å². The van der Waals surface area contributed by atoms with Gasteiger partial charge in [-0.15, -0.1) is 0 Å². The maximum atomic E-state index is 12.4. The van der Waals surface area contributed by atoms with Gasteiger partial charge in [0.05, 0.1) is 0 Å². The molecule has 2 aromatic rings. The van der Waals surface area contributed by atoms with Crippen molar-refractivity contribution in [1.82, 2.24) is 9.88 Å². The van der Waals surface area contributed by atoms with Gasteiger partial charge in [-0.05, 0) is 36.6 Å². The van der Waals surface area contributed by atoms with Crippen LogP contribution in [0.4, 0.5) is 0 Å². The maximum absolute atomic E-state index is 12.4. The molecular weight excluding hydrogens is 312 g/mol. The van der Waals surface area contributed by atoms with Crippen LogP contribution in [-0.2, 0) is 22.7 Å². The smallest absolute Gasteiger partial charge is 0.323 e. The van der Waals surface area contributed by atoms with E-state index in [1.807, 2.05) is 36.4 Å². The van der Waals surface area contributed by atoms with E-state index in [0.29, 0.717) is 18.3 Å². The summed E-state index contributed by atoms with van der Waals surface area (Å²) >= 11 is 5.81. The zero-order valence-electron chi connectivity index (χ0n) is 12.8. The largest absolute Gasteiger partial charge is 0.460 e. The van der Waals surface area contributed by atoms with Crippen LogP contribution >= 0.6 is 11.6 Å². The lowest BCUT2D eigenvalue weighted by molar-refractivity contribution is -0.150. The molecule has 0 radical (unpaired) electrons. The summed E-state index contributed by atoms with van der Waals surface area (Å²) in [7, 11) is 0. The van der Waals surface area contributed by atoms with Crippen LogP contribution < -0.4 is 0 Å². The monoisotopic (exact) mass is 330 g/mol. The van der Waals surface area contributed by atoms with Gasteiger partial charge in [0.25, 0.3) is 0 Å². The number of carbonyl (C=O) groups excluding carboxylic acids is 1. The Hall–Kier alpha value is -1.91. The number of rotatable bonds is 5. The Balaban J connectivity index is 1.57. The molecule has 23 heavy (non-hydrogen) atoms. The summed E-state index contributed by atoms with van der Waals surface area (Å²) < 4.78 is 5.48. The number of hydrogen-bond acceptors (Lipinski definition) is 4. The normalized spacial score (nSPS) is 18.0. The van der Waals surface area contributed by atoms with Crippen molar-refractivity contribution in [3.05, 3.63) is 64.9 Å². The molecule has 1 saturated heterocycles. The molecule has 1 unspecified atom stereocenters. The van der Waals surface area contributed by atoms with Gasteiger partial charge in [0, 0.05) is 12.7 Å². The number of halogens is 1. The van der Waals surface area contributed by atoms with E-state index in [0.717, 1.165) is 30.5 Å². The molecule has 120 valence electrons. The van der Waals surface area contributed by atoms with E-state index >= 15 is 0 Å². The van der Waals surface area contributed by atoms with Crippen molar-refractivity contribution in [2.45, 2.75) is 32.0 Å². The highest BCUT2D eigenvalue weighted by Crippen LogP contribution is 2.21. The van der Waals surface area contributed by atoms with Crippen LogP contribution in [0.5, 0.6) is 0 Å². The predicted molar refractivity (Wildman–Crippen MR) is 88.9 cm³/mol. The first-order chi connectivity index (χ1) is 11.2. The molecule has 1 atom stereocenters. The van der Waals surface area contributed by atoms with Crippen LogP contribution in [0.1, 0.15) is 24.0 Å². The van der Waals surface area contributed by atoms with Gasteiger partial charge < -0.3 is 4.74 Å². The quantitative estimate of drug-likeness (QED) is 0.622. The fourth-order valence-electron chi connectivity index (χ4n) is 2.84. The molecular formula is C18H19ClN2O2. The predicted octanol–water partition coefficient (Wildman–Crippen LogP) is 3.44. The Morgan fingerprint density at radius 1 is 1.22 bits per heavy atom. The van der Waals surface area contributed by atoms with Gasteiger partial charge in [0.15, 0.2) is 0 Å². The number of carbonyl (C=O) groups is 1. The van der Waals surface area contributed by atoms with Crippen molar-refractivity contribution in [2.24, 2.45) is 0 Å². The van der Waals surface area contributed by atoms with Gasteiger partial charge in [-0.2, -0.15) is 0 Å². The van der Waals surface area contributed by atoms with Crippen molar-refractivity contribution >= 4 is 17.6 Å². The SMILES string of the molecule is O=C(OCc1ccccc1)C1CCCN1Cc1ccc(Cl)nc1. The Kier molecular flexibility index (Phi) is 5.26. The van der Waals surface area contributed by atoms with Crippen molar-refractivity contribution in [3.63, 3.8) is 0 Å². The van der Waals surface area contributed by atoms with Crippen LogP contribution in [0.15, 0.2) is 48.7 Å². The fourth-order valence-corrected chi connectivity index (χ4v) is 2.95. The third-order valence-corrected chi connectivity index (χ3v) is 4.26. The fraction of sp³-hybridized carbons (Fsp3) is 0.333. The number of pyridine rings is 1. The highest BCUT2D eigenvalue weighted by atomic mass is 35.5. The molecule has 3 rings (SSSR count). The van der Waals surface area contributed by atoms with Crippen molar-refractivity contribution in [1.29, 1.82) is 0 Å². The molecule has 0 amide bonds. The van der Waals surface area contributed by atoms with Gasteiger partial charge in [-0.3, -0.25) is 9.69 Å². The summed E-state index contributed by atoms with van der Waals surface area (Å²) in [6.45, 7) is 1.91. The Bertz CT molecular complexity index is 646. The summed E-state index contributed by atoms with van der Waals surface area (Å²) in [5, 5.41) is 0.481. The van der Waals surface area contributed by atoms with Crippen LogP contribution in [0.25, 0.3) is 0 Å². The number of benzene rings is 1. The average molecular weight is 331 g/mol. The lowest BCUT2D eigenvalue weighted by Crippen LogP contribution is -2.36. The molecule has 0 saturated carbocycles. The molecule has 1 fully saturated rings. The molecule has 0 N–H and O–H groups in total. The standard InChI is InChI=1S/C18H19ClN2O2/c19-17-9-8-15(11-20-17)12-21-10-4-7-16(21)18(22)23-13-14-5-2-1-3-6-14/h1-3,5-6,8-9,11,16H,4,7,10,12-13H2. The van der Waals surface area contributed by atoms with E-state index < -0.39 is 0 Å². The first-order valence-corrected chi connectivity index (χ1v) is 8.15. The van der Waals surface area contributed by atoms with Crippen molar-refractivity contribution in [2.75, 3.05) is 6.54 Å². The lowest BCUT2D eigenvalue weighted by Gasteiger charge is -2.22. The minimum Gasteiger partial charge on any atom is -0.460 e. The molecule has 1 aliphatic rings. The molecule has 0 aliphatic carbocycles. The van der Waals surface area contributed by atoms with Crippen LogP contribution in [0.2, 0.25) is 5.15 Å². The van der Waals surface area contributed by atoms with E-state index in [-0.39, 0.29) is 12.0 Å². The van der Waals surface area contributed by atoms with Crippen LogP contribution in [0, 0.1) is 0 Å². The van der Waals surface area contributed by atoms with E-state index in [4.69, 9.17) is 16.3 Å². The highest BCUT2D eigenvalue weighted by molar-refractivity contribution is 6.29. The first kappa shape index (κ1) is 16.0. The first-order valence-electron chi connectivity index (χ1n) is 7.77. The Labute approximate surface area is 141 Å². The van der Waals surface area contributed by atoms with E-state index in [1.54, 1.807) is 12.3 Å². The topological polar surface area (TPSA) is 42.4 Å². The second kappa shape index (κ2) is 7.57. The number of hydrogen-bond donors (Lipinski definition) is 0. The summed E-state index contributed by atoms with van der Waals surface area (Å²) in [6.07, 6.45) is 3.60. The van der Waals surface area contributed by atoms with Crippen LogP contribution in [-0.4, -0.2) is 28.4 Å². The van der Waals surface area contributed by atoms with Crippen LogP contribution in [0.3, 0.4) is 0 Å². The molecule has 0 bridgehead atoms. The van der Waals surface area contributed by atoms with E-state index in [9.17, 15) is 4.79 Å². The average Bonchev–Trinajstić information content (AvgIpc) is 3.04. The molecule has 1 aromatic carbocycles. The number of nitrogens with zero attached hydrogens (tertiary/aromatic N) is 2. The highest BCUT2D eigenvalue weighted by Gasteiger charge is 2.31. The van der Waals surface area contributed by atoms with Crippen molar-refractivity contribution < 1.29 is 9.53 Å². The van der Waals surface area contributed by atoms with Gasteiger partial charge >= 0.3 is 5.97 Å². The third kappa shape index (κ3) is 4.30. The maximum Gasteiger partial charge on any atom is 0.323 e. The second-order valence-corrected chi connectivity index (χ2v) is 6.10. The molecule has 1 aromatic heterocycles. The zero-order chi connectivity index (χ0) is 16.1. The summed E-state index contributed by atoms with van der Waals surface area (Å²) in [5.41, 5.74) is 2.06. The molecule has 1 aliphatic heterocycles. The Morgan fingerprint density at radius 3 is 2.78 bits per heavy atom. The summed E-state index contributed by atoms with van der Waals surface area (Å²) in [6, 6.07) is 13.3. The van der Waals surface area contributed by atoms with Crippen molar-refractivity contribution in [3.8, 4) is 0 Å². The molecule has 2 heterocycles. The Morgan fingerprint density at radius 2 is 2.04 bits per heavy atom. The number of esters is 1. The number of ether oxygens (including phenoxy) is 1. The molecule has 0 spiro atoms. The minimum atomic E-state index is -0.172. The third-order valence-electron chi connectivity index (χ3n) is 4.03. The molecule has 4 nitrogen and oxygen atoms in total.